The van der Waals surface area contributed by atoms with E-state index in [4.69, 9.17) is 4.74 Å². The molecule has 3 rings (SSSR count). The maximum absolute atomic E-state index is 13.9. The first kappa shape index (κ1) is 27.7. The van der Waals surface area contributed by atoms with Crippen molar-refractivity contribution in [1.29, 1.82) is 0 Å². The van der Waals surface area contributed by atoms with E-state index in [1.807, 2.05) is 25.1 Å². The zero-order valence-corrected chi connectivity index (χ0v) is 22.4. The molecule has 0 aliphatic rings. The van der Waals surface area contributed by atoms with Gasteiger partial charge in [-0.2, -0.15) is 0 Å². The molecule has 8 nitrogen and oxygen atoms in total. The summed E-state index contributed by atoms with van der Waals surface area (Å²) in [7, 11) is -0.996. The highest BCUT2D eigenvalue weighted by Crippen LogP contribution is 2.27. The molecule has 0 aliphatic heterocycles. The fraction of sp³-hybridized carbons (Fsp3) is 0.286. The number of carbonyl (C=O) groups is 2. The Balaban J connectivity index is 2.05. The molecule has 0 unspecified atom stereocenters. The largest absolute Gasteiger partial charge is 0.497 e. The van der Waals surface area contributed by atoms with Crippen molar-refractivity contribution in [3.63, 3.8) is 0 Å². The number of benzene rings is 3. The number of ether oxygens (including phenoxy) is 1. The predicted octanol–water partition coefficient (Wildman–Crippen LogP) is 3.75. The molecule has 2 amide bonds. The number of aryl methyl sites for hydroxylation is 1. The van der Waals surface area contributed by atoms with E-state index in [0.717, 1.165) is 9.87 Å². The number of para-hydroxylation sites is 1. The highest BCUT2D eigenvalue weighted by molar-refractivity contribution is 7.92. The van der Waals surface area contributed by atoms with Gasteiger partial charge in [0.15, 0.2) is 0 Å². The third-order valence-corrected chi connectivity index (χ3v) is 7.91. The first-order chi connectivity index (χ1) is 17.7. The van der Waals surface area contributed by atoms with E-state index < -0.39 is 28.5 Å². The summed E-state index contributed by atoms with van der Waals surface area (Å²) in [6.07, 6.45) is 0.359. The van der Waals surface area contributed by atoms with Crippen LogP contribution in [0.4, 0.5) is 5.69 Å². The van der Waals surface area contributed by atoms with Gasteiger partial charge in [0.2, 0.25) is 11.8 Å². The SMILES string of the molecule is CC[C@@H](C(=O)NC)N(Cc1ccc(OC)cc1)C(=O)CN(c1ccccc1C)S(=O)(=O)c1ccccc1. The minimum atomic E-state index is -4.08. The van der Waals surface area contributed by atoms with E-state index in [1.54, 1.807) is 62.6 Å². The molecular formula is C28H33N3O5S. The standard InChI is InChI=1S/C28H33N3O5S/c1-5-25(28(33)29-3)30(19-22-15-17-23(36-4)18-16-22)27(32)20-31(26-14-10-9-11-21(26)2)37(34,35)24-12-7-6-8-13-24/h6-18,25H,5,19-20H2,1-4H3,(H,29,33)/t25-/m0/s1. The summed E-state index contributed by atoms with van der Waals surface area (Å²) in [5.41, 5.74) is 1.89. The van der Waals surface area contributed by atoms with Gasteiger partial charge in [0.05, 0.1) is 17.7 Å². The van der Waals surface area contributed by atoms with Crippen LogP contribution < -0.4 is 14.4 Å². The van der Waals surface area contributed by atoms with Crippen molar-refractivity contribution in [2.24, 2.45) is 0 Å². The van der Waals surface area contributed by atoms with E-state index in [9.17, 15) is 18.0 Å². The van der Waals surface area contributed by atoms with Gasteiger partial charge in [-0.05, 0) is 54.8 Å². The number of amides is 2. The summed E-state index contributed by atoms with van der Waals surface area (Å²) in [5, 5.41) is 2.62. The maximum Gasteiger partial charge on any atom is 0.264 e. The molecule has 196 valence electrons. The Labute approximate surface area is 218 Å². The van der Waals surface area contributed by atoms with Crippen molar-refractivity contribution in [2.75, 3.05) is 25.0 Å². The van der Waals surface area contributed by atoms with Gasteiger partial charge in [-0.25, -0.2) is 8.42 Å². The number of nitrogens with one attached hydrogen (secondary N) is 1. The topological polar surface area (TPSA) is 96.0 Å². The normalized spacial score (nSPS) is 11.9. The highest BCUT2D eigenvalue weighted by atomic mass is 32.2. The van der Waals surface area contributed by atoms with Crippen molar-refractivity contribution < 1.29 is 22.7 Å². The van der Waals surface area contributed by atoms with Gasteiger partial charge in [0.1, 0.15) is 18.3 Å². The average molecular weight is 524 g/mol. The number of hydrogen-bond acceptors (Lipinski definition) is 5. The van der Waals surface area contributed by atoms with Crippen molar-refractivity contribution >= 4 is 27.5 Å². The molecule has 0 saturated carbocycles. The van der Waals surface area contributed by atoms with E-state index in [2.05, 4.69) is 5.32 Å². The van der Waals surface area contributed by atoms with Crippen LogP contribution in [0.25, 0.3) is 0 Å². The number of carbonyl (C=O) groups excluding carboxylic acids is 2. The van der Waals surface area contributed by atoms with Gasteiger partial charge >= 0.3 is 0 Å². The van der Waals surface area contributed by atoms with Crippen molar-refractivity contribution in [3.05, 3.63) is 90.0 Å². The van der Waals surface area contributed by atoms with Gasteiger partial charge in [0.25, 0.3) is 10.0 Å². The molecule has 1 atom stereocenters. The second-order valence-corrected chi connectivity index (χ2v) is 10.4. The highest BCUT2D eigenvalue weighted by Gasteiger charge is 2.33. The molecule has 0 saturated heterocycles. The quantitative estimate of drug-likeness (QED) is 0.413. The number of hydrogen-bond donors (Lipinski definition) is 1. The smallest absolute Gasteiger partial charge is 0.264 e. The van der Waals surface area contributed by atoms with Crippen LogP contribution >= 0.6 is 0 Å². The summed E-state index contributed by atoms with van der Waals surface area (Å²) >= 11 is 0. The number of methoxy groups -OCH3 is 1. The molecule has 0 heterocycles. The van der Waals surface area contributed by atoms with Crippen molar-refractivity contribution in [3.8, 4) is 5.75 Å². The summed E-state index contributed by atoms with van der Waals surface area (Å²) in [6.45, 7) is 3.27. The minimum absolute atomic E-state index is 0.0751. The fourth-order valence-electron chi connectivity index (χ4n) is 4.09. The van der Waals surface area contributed by atoms with Crippen LogP contribution in [0.3, 0.4) is 0 Å². The number of sulfonamides is 1. The van der Waals surface area contributed by atoms with E-state index in [1.165, 1.54) is 24.1 Å². The molecule has 37 heavy (non-hydrogen) atoms. The fourth-order valence-corrected chi connectivity index (χ4v) is 5.59. The van der Waals surface area contributed by atoms with Crippen LogP contribution in [0.1, 0.15) is 24.5 Å². The van der Waals surface area contributed by atoms with E-state index >= 15 is 0 Å². The second-order valence-electron chi connectivity index (χ2n) is 8.52. The summed E-state index contributed by atoms with van der Waals surface area (Å²) in [5.74, 6) is -0.147. The van der Waals surface area contributed by atoms with Crippen LogP contribution in [0, 0.1) is 6.92 Å². The third-order valence-electron chi connectivity index (χ3n) is 6.14. The molecule has 3 aromatic carbocycles. The third kappa shape index (κ3) is 6.48. The lowest BCUT2D eigenvalue weighted by Gasteiger charge is -2.33. The number of rotatable bonds is 11. The molecule has 9 heteroatoms. The number of anilines is 1. The molecule has 0 fully saturated rings. The zero-order chi connectivity index (χ0) is 27.0. The Morgan fingerprint density at radius 3 is 2.14 bits per heavy atom. The van der Waals surface area contributed by atoms with Gasteiger partial charge < -0.3 is 15.0 Å². The van der Waals surface area contributed by atoms with Crippen LogP contribution in [0.15, 0.2) is 83.8 Å². The van der Waals surface area contributed by atoms with Gasteiger partial charge in [-0.1, -0.05) is 55.5 Å². The van der Waals surface area contributed by atoms with Gasteiger partial charge in [0, 0.05) is 13.6 Å². The van der Waals surface area contributed by atoms with Gasteiger partial charge in [-0.15, -0.1) is 0 Å². The Morgan fingerprint density at radius 2 is 1.57 bits per heavy atom. The lowest BCUT2D eigenvalue weighted by Crippen LogP contribution is -2.51. The Morgan fingerprint density at radius 1 is 0.946 bits per heavy atom. The number of likely N-dealkylation sites (N-methyl/N-ethyl adjacent to an activating group) is 1. The Hall–Kier alpha value is -3.85. The molecule has 0 bridgehead atoms. The molecule has 0 radical (unpaired) electrons. The second kappa shape index (κ2) is 12.4. The van der Waals surface area contributed by atoms with Crippen LogP contribution in [0.5, 0.6) is 5.75 Å². The molecule has 0 spiro atoms. The first-order valence-electron chi connectivity index (χ1n) is 12.0. The van der Waals surface area contributed by atoms with E-state index in [-0.39, 0.29) is 17.3 Å². The van der Waals surface area contributed by atoms with Crippen LogP contribution in [-0.4, -0.2) is 51.9 Å². The molecule has 3 aromatic rings. The van der Waals surface area contributed by atoms with E-state index in [0.29, 0.717) is 23.4 Å². The van der Waals surface area contributed by atoms with Crippen molar-refractivity contribution in [1.82, 2.24) is 10.2 Å². The average Bonchev–Trinajstić information content (AvgIpc) is 2.92. The van der Waals surface area contributed by atoms with Crippen LogP contribution in [-0.2, 0) is 26.2 Å². The summed E-state index contributed by atoms with van der Waals surface area (Å²) < 4.78 is 33.9. The first-order valence-corrected chi connectivity index (χ1v) is 13.4. The van der Waals surface area contributed by atoms with Crippen LogP contribution in [0.2, 0.25) is 0 Å². The molecule has 0 aliphatic carbocycles. The molecular weight excluding hydrogens is 490 g/mol. The zero-order valence-electron chi connectivity index (χ0n) is 21.5. The molecule has 0 aromatic heterocycles. The minimum Gasteiger partial charge on any atom is -0.497 e. The predicted molar refractivity (Wildman–Crippen MR) is 144 cm³/mol. The maximum atomic E-state index is 13.9. The Kier molecular flexibility index (Phi) is 9.30. The monoisotopic (exact) mass is 523 g/mol. The lowest BCUT2D eigenvalue weighted by atomic mass is 10.1. The Bertz CT molecular complexity index is 1310. The number of nitrogens with zero attached hydrogens (tertiary/aromatic N) is 2. The summed E-state index contributed by atoms with van der Waals surface area (Å²) in [4.78, 5) is 28.1. The lowest BCUT2D eigenvalue weighted by molar-refractivity contribution is -0.140. The van der Waals surface area contributed by atoms with Gasteiger partial charge in [-0.3, -0.25) is 13.9 Å². The van der Waals surface area contributed by atoms with Crippen molar-refractivity contribution in [2.45, 2.75) is 37.8 Å². The summed E-state index contributed by atoms with van der Waals surface area (Å²) in [6, 6.07) is 21.4. The molecule has 1 N–H and O–H groups in total.